The Kier molecular flexibility index (Phi) is 4.49. The summed E-state index contributed by atoms with van der Waals surface area (Å²) in [7, 11) is 1.55. The van der Waals surface area contributed by atoms with E-state index in [4.69, 9.17) is 9.72 Å². The lowest BCUT2D eigenvalue weighted by atomic mass is 9.95. The molecule has 0 bridgehead atoms. The summed E-state index contributed by atoms with van der Waals surface area (Å²) in [5.41, 5.74) is 2.97. The Morgan fingerprint density at radius 1 is 1.25 bits per heavy atom. The summed E-state index contributed by atoms with van der Waals surface area (Å²) in [5.74, 6) is 1.01. The standard InChI is InChI=1S/C18H23FN4O/c1-18(2,3)17-21-8-13-11-23(6-5-15(13)22-17)10-12-7-14(19)9-20-16(12)24-4/h7-9H,5-6,10-11H2,1-4H3. The van der Waals surface area contributed by atoms with Gasteiger partial charge in [-0.15, -0.1) is 0 Å². The van der Waals surface area contributed by atoms with Crippen molar-refractivity contribution in [3.63, 3.8) is 0 Å². The van der Waals surface area contributed by atoms with Gasteiger partial charge in [-0.05, 0) is 6.07 Å². The summed E-state index contributed by atoms with van der Waals surface area (Å²) in [6.07, 6.45) is 3.97. The SMILES string of the molecule is COc1ncc(F)cc1CN1CCc2nc(C(C)(C)C)ncc2C1. The Hall–Kier alpha value is -2.08. The number of pyridine rings is 1. The number of methoxy groups -OCH3 is 1. The highest BCUT2D eigenvalue weighted by atomic mass is 19.1. The van der Waals surface area contributed by atoms with Crippen LogP contribution < -0.4 is 4.74 Å². The topological polar surface area (TPSA) is 51.1 Å². The summed E-state index contributed by atoms with van der Waals surface area (Å²) in [4.78, 5) is 15.5. The fourth-order valence-electron chi connectivity index (χ4n) is 2.88. The van der Waals surface area contributed by atoms with Crippen molar-refractivity contribution >= 4 is 0 Å². The molecule has 3 heterocycles. The minimum absolute atomic E-state index is 0.0488. The molecule has 6 heteroatoms. The third-order valence-corrected chi connectivity index (χ3v) is 4.16. The molecule has 0 aliphatic carbocycles. The third-order valence-electron chi connectivity index (χ3n) is 4.16. The molecule has 0 atom stereocenters. The number of fused-ring (bicyclic) bond motifs is 1. The molecule has 0 N–H and O–H groups in total. The van der Waals surface area contributed by atoms with Gasteiger partial charge in [0.1, 0.15) is 11.6 Å². The molecular formula is C18H23FN4O. The molecule has 0 fully saturated rings. The van der Waals surface area contributed by atoms with Gasteiger partial charge in [-0.25, -0.2) is 19.3 Å². The molecule has 0 aromatic carbocycles. The molecule has 2 aromatic rings. The number of halogens is 1. The van der Waals surface area contributed by atoms with Crippen molar-refractivity contribution in [2.45, 2.75) is 45.7 Å². The van der Waals surface area contributed by atoms with Crippen molar-refractivity contribution in [1.82, 2.24) is 19.9 Å². The van der Waals surface area contributed by atoms with E-state index in [1.165, 1.54) is 12.3 Å². The Labute approximate surface area is 141 Å². The highest BCUT2D eigenvalue weighted by Gasteiger charge is 2.23. The van der Waals surface area contributed by atoms with Crippen molar-refractivity contribution in [1.29, 1.82) is 0 Å². The normalized spacial score (nSPS) is 15.2. The van der Waals surface area contributed by atoms with Crippen molar-refractivity contribution in [3.05, 3.63) is 46.9 Å². The number of nitrogens with zero attached hydrogens (tertiary/aromatic N) is 4. The van der Waals surface area contributed by atoms with Gasteiger partial charge < -0.3 is 4.74 Å². The molecule has 5 nitrogen and oxygen atoms in total. The van der Waals surface area contributed by atoms with Crippen LogP contribution in [0.15, 0.2) is 18.5 Å². The molecule has 0 saturated carbocycles. The zero-order valence-corrected chi connectivity index (χ0v) is 14.6. The summed E-state index contributed by atoms with van der Waals surface area (Å²) >= 11 is 0. The minimum Gasteiger partial charge on any atom is -0.481 e. The molecule has 0 amide bonds. The maximum Gasteiger partial charge on any atom is 0.217 e. The van der Waals surface area contributed by atoms with Crippen LogP contribution in [0.1, 0.15) is 43.4 Å². The molecular weight excluding hydrogens is 307 g/mol. The second-order valence-electron chi connectivity index (χ2n) is 7.20. The summed E-state index contributed by atoms with van der Waals surface area (Å²) in [6.45, 7) is 8.56. The summed E-state index contributed by atoms with van der Waals surface area (Å²) in [6, 6.07) is 1.49. The second-order valence-corrected chi connectivity index (χ2v) is 7.20. The molecule has 0 saturated heterocycles. The van der Waals surface area contributed by atoms with Gasteiger partial charge in [0.15, 0.2) is 0 Å². The van der Waals surface area contributed by atoms with Crippen LogP contribution in [-0.2, 0) is 24.9 Å². The molecule has 2 aromatic heterocycles. The van der Waals surface area contributed by atoms with Crippen molar-refractivity contribution in [2.75, 3.05) is 13.7 Å². The molecule has 1 aliphatic heterocycles. The van der Waals surface area contributed by atoms with Gasteiger partial charge in [-0.1, -0.05) is 20.8 Å². The first-order valence-corrected chi connectivity index (χ1v) is 8.13. The number of rotatable bonds is 3. The van der Waals surface area contributed by atoms with E-state index in [0.29, 0.717) is 12.4 Å². The molecule has 1 aliphatic rings. The van der Waals surface area contributed by atoms with Gasteiger partial charge in [0, 0.05) is 54.5 Å². The van der Waals surface area contributed by atoms with E-state index in [1.54, 1.807) is 7.11 Å². The van der Waals surface area contributed by atoms with Crippen LogP contribution in [0.4, 0.5) is 4.39 Å². The van der Waals surface area contributed by atoms with Gasteiger partial charge in [-0.2, -0.15) is 0 Å². The molecule has 3 rings (SSSR count). The van der Waals surface area contributed by atoms with E-state index in [-0.39, 0.29) is 11.2 Å². The van der Waals surface area contributed by atoms with Crippen LogP contribution in [-0.4, -0.2) is 33.5 Å². The first-order chi connectivity index (χ1) is 11.4. The van der Waals surface area contributed by atoms with Gasteiger partial charge in [0.05, 0.1) is 13.3 Å². The van der Waals surface area contributed by atoms with Gasteiger partial charge >= 0.3 is 0 Å². The molecule has 0 unspecified atom stereocenters. The maximum absolute atomic E-state index is 13.5. The Morgan fingerprint density at radius 2 is 2.04 bits per heavy atom. The lowest BCUT2D eigenvalue weighted by molar-refractivity contribution is 0.237. The predicted molar refractivity (Wildman–Crippen MR) is 89.3 cm³/mol. The average Bonchev–Trinajstić information content (AvgIpc) is 2.53. The zero-order chi connectivity index (χ0) is 17.3. The first kappa shape index (κ1) is 16.8. The summed E-state index contributed by atoms with van der Waals surface area (Å²) in [5, 5.41) is 0. The van der Waals surface area contributed by atoms with E-state index in [0.717, 1.165) is 42.2 Å². The van der Waals surface area contributed by atoms with Crippen LogP contribution in [0.5, 0.6) is 5.88 Å². The monoisotopic (exact) mass is 330 g/mol. The van der Waals surface area contributed by atoms with Gasteiger partial charge in [-0.3, -0.25) is 4.90 Å². The quantitative estimate of drug-likeness (QED) is 0.866. The largest absolute Gasteiger partial charge is 0.481 e. The fraction of sp³-hybridized carbons (Fsp3) is 0.500. The van der Waals surface area contributed by atoms with Gasteiger partial charge in [0.2, 0.25) is 5.88 Å². The van der Waals surface area contributed by atoms with E-state index in [9.17, 15) is 4.39 Å². The maximum atomic E-state index is 13.5. The average molecular weight is 330 g/mol. The van der Waals surface area contributed by atoms with Crippen LogP contribution in [0.2, 0.25) is 0 Å². The highest BCUT2D eigenvalue weighted by molar-refractivity contribution is 5.27. The van der Waals surface area contributed by atoms with E-state index in [2.05, 4.69) is 35.6 Å². The minimum atomic E-state index is -0.346. The van der Waals surface area contributed by atoms with Crippen molar-refractivity contribution in [3.8, 4) is 5.88 Å². The van der Waals surface area contributed by atoms with Crippen LogP contribution >= 0.6 is 0 Å². The van der Waals surface area contributed by atoms with E-state index < -0.39 is 0 Å². The van der Waals surface area contributed by atoms with Gasteiger partial charge in [0.25, 0.3) is 0 Å². The zero-order valence-electron chi connectivity index (χ0n) is 14.6. The molecule has 0 spiro atoms. The molecule has 24 heavy (non-hydrogen) atoms. The smallest absolute Gasteiger partial charge is 0.217 e. The lowest BCUT2D eigenvalue weighted by Crippen LogP contribution is -2.32. The third kappa shape index (κ3) is 3.53. The Balaban J connectivity index is 1.77. The van der Waals surface area contributed by atoms with Crippen molar-refractivity contribution in [2.24, 2.45) is 0 Å². The Bertz CT molecular complexity index is 742. The summed E-state index contributed by atoms with van der Waals surface area (Å²) < 4.78 is 18.7. The van der Waals surface area contributed by atoms with Crippen LogP contribution in [0.25, 0.3) is 0 Å². The number of ether oxygens (including phenoxy) is 1. The molecule has 0 radical (unpaired) electrons. The van der Waals surface area contributed by atoms with E-state index in [1.807, 2.05) is 6.20 Å². The number of hydrogen-bond acceptors (Lipinski definition) is 5. The highest BCUT2D eigenvalue weighted by Crippen LogP contribution is 2.25. The van der Waals surface area contributed by atoms with Crippen LogP contribution in [0.3, 0.4) is 0 Å². The van der Waals surface area contributed by atoms with Crippen LogP contribution in [0, 0.1) is 5.82 Å². The Morgan fingerprint density at radius 3 is 2.75 bits per heavy atom. The predicted octanol–water partition coefficient (Wildman–Crippen LogP) is 2.88. The number of aromatic nitrogens is 3. The fourth-order valence-corrected chi connectivity index (χ4v) is 2.88. The van der Waals surface area contributed by atoms with E-state index >= 15 is 0 Å². The van der Waals surface area contributed by atoms with Crippen molar-refractivity contribution < 1.29 is 9.13 Å². The molecule has 128 valence electrons. The number of hydrogen-bond donors (Lipinski definition) is 0. The first-order valence-electron chi connectivity index (χ1n) is 8.13. The lowest BCUT2D eigenvalue weighted by Gasteiger charge is -2.29. The second kappa shape index (κ2) is 6.43.